The largest absolute Gasteiger partial charge is 0.337 e. The first-order chi connectivity index (χ1) is 15.0. The fourth-order valence-electron chi connectivity index (χ4n) is 3.42. The van der Waals surface area contributed by atoms with E-state index in [1.165, 1.54) is 6.92 Å². The van der Waals surface area contributed by atoms with Crippen LogP contribution in [0.4, 0.5) is 10.5 Å². The second-order valence-electron chi connectivity index (χ2n) is 7.31. The first-order valence-electron chi connectivity index (χ1n) is 10.1. The Morgan fingerprint density at radius 2 is 1.84 bits per heavy atom. The number of carbonyl (C=O) groups excluding carboxylic acids is 2. The molecule has 2 N–H and O–H groups in total. The summed E-state index contributed by atoms with van der Waals surface area (Å²) in [4.78, 5) is 32.8. The van der Waals surface area contributed by atoms with E-state index in [9.17, 15) is 9.59 Å². The summed E-state index contributed by atoms with van der Waals surface area (Å²) in [5.41, 5.74) is 4.97. The number of nitrogens with one attached hydrogen (secondary N) is 2. The van der Waals surface area contributed by atoms with E-state index in [4.69, 9.17) is 4.98 Å². The molecule has 0 unspecified atom stereocenters. The molecule has 0 atom stereocenters. The van der Waals surface area contributed by atoms with Crippen LogP contribution in [0.3, 0.4) is 0 Å². The van der Waals surface area contributed by atoms with Crippen molar-refractivity contribution in [2.75, 3.05) is 11.9 Å². The number of ketones is 1. The van der Waals surface area contributed by atoms with Crippen molar-refractivity contribution in [1.82, 2.24) is 19.9 Å². The molecule has 4 rings (SSSR count). The number of urea groups is 1. The Balaban J connectivity index is 1.46. The van der Waals surface area contributed by atoms with Crippen LogP contribution in [0.25, 0.3) is 16.9 Å². The van der Waals surface area contributed by atoms with Crippen molar-refractivity contribution in [3.05, 3.63) is 83.8 Å². The summed E-state index contributed by atoms with van der Waals surface area (Å²) in [6, 6.07) is 18.4. The van der Waals surface area contributed by atoms with Gasteiger partial charge in [-0.25, -0.2) is 14.8 Å². The van der Waals surface area contributed by atoms with Gasteiger partial charge in [-0.3, -0.25) is 9.36 Å². The highest BCUT2D eigenvalue weighted by Crippen LogP contribution is 2.21. The average molecular weight is 413 g/mol. The molecule has 7 heteroatoms. The topological polar surface area (TPSA) is 88.9 Å². The molecule has 0 aliphatic heterocycles. The molecule has 0 radical (unpaired) electrons. The van der Waals surface area contributed by atoms with Gasteiger partial charge in [0.15, 0.2) is 11.4 Å². The van der Waals surface area contributed by atoms with Gasteiger partial charge >= 0.3 is 6.03 Å². The fraction of sp³-hybridized carbons (Fsp3) is 0.167. The molecule has 0 fully saturated rings. The summed E-state index contributed by atoms with van der Waals surface area (Å²) < 4.78 is 2.03. The number of nitrogens with zero attached hydrogens (tertiary/aromatic N) is 3. The Morgan fingerprint density at radius 1 is 1.03 bits per heavy atom. The third-order valence-corrected chi connectivity index (χ3v) is 4.93. The Kier molecular flexibility index (Phi) is 5.75. The maximum Gasteiger partial charge on any atom is 0.319 e. The molecule has 0 aliphatic rings. The number of imidazole rings is 1. The maximum atomic E-state index is 12.3. The molecule has 0 spiro atoms. The Labute approximate surface area is 180 Å². The van der Waals surface area contributed by atoms with Crippen LogP contribution in [-0.2, 0) is 6.42 Å². The van der Waals surface area contributed by atoms with E-state index < -0.39 is 0 Å². The molecular weight excluding hydrogens is 390 g/mol. The van der Waals surface area contributed by atoms with Crippen molar-refractivity contribution in [1.29, 1.82) is 0 Å². The smallest absolute Gasteiger partial charge is 0.319 e. The van der Waals surface area contributed by atoms with Crippen LogP contribution in [0.5, 0.6) is 0 Å². The minimum Gasteiger partial charge on any atom is -0.337 e. The Hall–Kier alpha value is -4.00. The number of fused-ring (bicyclic) bond motifs is 1. The van der Waals surface area contributed by atoms with Gasteiger partial charge < -0.3 is 10.6 Å². The molecule has 0 aliphatic carbocycles. The molecule has 0 saturated carbocycles. The van der Waals surface area contributed by atoms with Crippen LogP contribution in [0.2, 0.25) is 0 Å². The number of anilines is 1. The second-order valence-corrected chi connectivity index (χ2v) is 7.31. The van der Waals surface area contributed by atoms with E-state index in [0.29, 0.717) is 24.2 Å². The Morgan fingerprint density at radius 3 is 2.58 bits per heavy atom. The molecule has 0 bridgehead atoms. The van der Waals surface area contributed by atoms with Crippen LogP contribution >= 0.6 is 0 Å². The van der Waals surface area contributed by atoms with Crippen molar-refractivity contribution in [2.24, 2.45) is 0 Å². The molecule has 31 heavy (non-hydrogen) atoms. The molecule has 2 aromatic heterocycles. The molecule has 2 aromatic carbocycles. The fourth-order valence-corrected chi connectivity index (χ4v) is 3.42. The zero-order valence-electron chi connectivity index (χ0n) is 17.4. The predicted molar refractivity (Wildman–Crippen MR) is 121 cm³/mol. The lowest BCUT2D eigenvalue weighted by Crippen LogP contribution is -2.30. The number of carbonyl (C=O) groups is 2. The number of hydrogen-bond acceptors (Lipinski definition) is 4. The molecule has 7 nitrogen and oxygen atoms in total. The summed E-state index contributed by atoms with van der Waals surface area (Å²) in [6.45, 7) is 3.96. The van der Waals surface area contributed by atoms with Crippen molar-refractivity contribution >= 4 is 28.7 Å². The maximum absolute atomic E-state index is 12.3. The number of benzene rings is 2. The van der Waals surface area contributed by atoms with Crippen LogP contribution in [-0.4, -0.2) is 32.9 Å². The summed E-state index contributed by atoms with van der Waals surface area (Å²) >= 11 is 0. The summed E-state index contributed by atoms with van der Waals surface area (Å²) in [5.74, 6) is 0.812. The highest BCUT2D eigenvalue weighted by molar-refractivity contribution is 5.95. The zero-order chi connectivity index (χ0) is 21.8. The van der Waals surface area contributed by atoms with Crippen molar-refractivity contribution in [2.45, 2.75) is 20.3 Å². The molecule has 0 saturated heterocycles. The third-order valence-electron chi connectivity index (χ3n) is 4.93. The van der Waals surface area contributed by atoms with Gasteiger partial charge in [-0.2, -0.15) is 0 Å². The minimum absolute atomic E-state index is 0.0120. The van der Waals surface area contributed by atoms with Gasteiger partial charge in [-0.05, 0) is 67.9 Å². The highest BCUT2D eigenvalue weighted by Gasteiger charge is 2.14. The number of aromatic nitrogens is 3. The normalized spacial score (nSPS) is 10.8. The van der Waals surface area contributed by atoms with Gasteiger partial charge in [-0.1, -0.05) is 12.1 Å². The van der Waals surface area contributed by atoms with Gasteiger partial charge in [0.05, 0.1) is 0 Å². The lowest BCUT2D eigenvalue weighted by molar-refractivity contribution is 0.101. The van der Waals surface area contributed by atoms with E-state index in [1.807, 2.05) is 41.8 Å². The first-order valence-corrected chi connectivity index (χ1v) is 10.1. The lowest BCUT2D eigenvalue weighted by atomic mass is 10.1. The van der Waals surface area contributed by atoms with E-state index in [2.05, 4.69) is 21.7 Å². The number of hydrogen-bond donors (Lipinski definition) is 2. The van der Waals surface area contributed by atoms with Gasteiger partial charge in [0.2, 0.25) is 0 Å². The molecule has 4 aromatic rings. The number of Topliss-reactive ketones (excluding diaryl/α,β-unsaturated/α-hetero) is 1. The van der Waals surface area contributed by atoms with Gasteiger partial charge in [0, 0.05) is 36.1 Å². The van der Waals surface area contributed by atoms with E-state index in [1.54, 1.807) is 30.5 Å². The van der Waals surface area contributed by atoms with E-state index in [-0.39, 0.29) is 11.8 Å². The van der Waals surface area contributed by atoms with E-state index >= 15 is 0 Å². The van der Waals surface area contributed by atoms with Crippen molar-refractivity contribution in [3.8, 4) is 5.69 Å². The minimum atomic E-state index is -0.313. The molecule has 156 valence electrons. The number of amides is 2. The van der Waals surface area contributed by atoms with Crippen molar-refractivity contribution in [3.63, 3.8) is 0 Å². The quantitative estimate of drug-likeness (QED) is 0.461. The Bertz CT molecular complexity index is 1240. The summed E-state index contributed by atoms with van der Waals surface area (Å²) in [5, 5.41) is 5.63. The monoisotopic (exact) mass is 413 g/mol. The van der Waals surface area contributed by atoms with Gasteiger partial charge in [0.1, 0.15) is 11.3 Å². The number of rotatable bonds is 6. The van der Waals surface area contributed by atoms with Gasteiger partial charge in [-0.15, -0.1) is 0 Å². The first kappa shape index (κ1) is 20.3. The van der Waals surface area contributed by atoms with E-state index in [0.717, 1.165) is 28.2 Å². The second kappa shape index (κ2) is 8.79. The zero-order valence-corrected chi connectivity index (χ0v) is 17.4. The highest BCUT2D eigenvalue weighted by atomic mass is 16.2. The van der Waals surface area contributed by atoms with Crippen molar-refractivity contribution < 1.29 is 9.59 Å². The molecule has 2 amide bonds. The summed E-state index contributed by atoms with van der Waals surface area (Å²) in [7, 11) is 0. The number of aryl methyl sites for hydroxylation is 1. The standard InChI is InChI=1S/C24H23N5O2/c1-16-5-3-6-20(15-16)29-22(28-21-7-4-13-25-23(21)29)12-14-26-24(31)27-19-10-8-18(9-11-19)17(2)30/h3-11,13,15H,12,14H2,1-2H3,(H2,26,27,31). The predicted octanol–water partition coefficient (Wildman–Crippen LogP) is 4.30. The third kappa shape index (κ3) is 4.61. The average Bonchev–Trinajstić information content (AvgIpc) is 3.12. The lowest BCUT2D eigenvalue weighted by Gasteiger charge is -2.11. The van der Waals surface area contributed by atoms with Crippen LogP contribution in [0, 0.1) is 6.92 Å². The van der Waals surface area contributed by atoms with Crippen LogP contribution in [0.1, 0.15) is 28.7 Å². The SMILES string of the molecule is CC(=O)c1ccc(NC(=O)NCCc2nc3cccnc3n2-c2cccc(C)c2)cc1. The molecular formula is C24H23N5O2. The van der Waals surface area contributed by atoms with Gasteiger partial charge in [0.25, 0.3) is 0 Å². The molecule has 2 heterocycles. The van der Waals surface area contributed by atoms with Crippen LogP contribution < -0.4 is 10.6 Å². The van der Waals surface area contributed by atoms with Crippen LogP contribution in [0.15, 0.2) is 66.9 Å². The number of pyridine rings is 1. The summed E-state index contributed by atoms with van der Waals surface area (Å²) in [6.07, 6.45) is 2.30.